The molecule has 3 N–H and O–H groups in total. The zero-order valence-electron chi connectivity index (χ0n) is 11.0. The molecular weight excluding hydrogens is 250 g/mol. The smallest absolute Gasteiger partial charge is 0.224 e. The molecule has 1 rings (SSSR count). The molecule has 100 valence electrons. The summed E-state index contributed by atoms with van der Waals surface area (Å²) in [6.07, 6.45) is 0. The largest absolute Gasteiger partial charge is 0.374 e. The van der Waals surface area contributed by atoms with Crippen molar-refractivity contribution in [1.29, 1.82) is 0 Å². The van der Waals surface area contributed by atoms with Crippen molar-refractivity contribution in [2.45, 2.75) is 13.5 Å². The number of nitrogens with two attached hydrogens (primary N) is 1. The number of hydrogen-bond acceptors (Lipinski definition) is 3. The van der Waals surface area contributed by atoms with Crippen LogP contribution in [0.3, 0.4) is 0 Å². The van der Waals surface area contributed by atoms with E-state index in [1.807, 2.05) is 37.1 Å². The van der Waals surface area contributed by atoms with Crippen LogP contribution in [-0.2, 0) is 11.3 Å². The molecule has 0 fully saturated rings. The Morgan fingerprint density at radius 3 is 2.72 bits per heavy atom. The third-order valence-electron chi connectivity index (χ3n) is 2.94. The maximum absolute atomic E-state index is 11.5. The maximum Gasteiger partial charge on any atom is 0.224 e. The summed E-state index contributed by atoms with van der Waals surface area (Å²) < 4.78 is 0. The van der Waals surface area contributed by atoms with Crippen LogP contribution in [0.4, 0.5) is 5.69 Å². The molecule has 0 saturated heterocycles. The number of halogens is 1. The van der Waals surface area contributed by atoms with E-state index in [0.29, 0.717) is 18.1 Å². The summed E-state index contributed by atoms with van der Waals surface area (Å²) in [5.41, 5.74) is 7.47. The number of rotatable bonds is 5. The van der Waals surface area contributed by atoms with Crippen LogP contribution in [-0.4, -0.2) is 26.5 Å². The fraction of sp³-hybridized carbons (Fsp3) is 0.462. The third kappa shape index (κ3) is 3.62. The van der Waals surface area contributed by atoms with Gasteiger partial charge in [0.2, 0.25) is 5.91 Å². The van der Waals surface area contributed by atoms with Gasteiger partial charge in [0.1, 0.15) is 0 Å². The van der Waals surface area contributed by atoms with Gasteiger partial charge in [-0.2, -0.15) is 0 Å². The fourth-order valence-electron chi connectivity index (χ4n) is 1.78. The number of amides is 1. The molecule has 4 nitrogen and oxygen atoms in total. The predicted octanol–water partition coefficient (Wildman–Crippen LogP) is 1.62. The Hall–Kier alpha value is -1.26. The van der Waals surface area contributed by atoms with Gasteiger partial charge in [0, 0.05) is 37.9 Å². The van der Waals surface area contributed by atoms with Gasteiger partial charge in [0.05, 0.1) is 5.92 Å². The lowest BCUT2D eigenvalue weighted by Gasteiger charge is -2.23. The van der Waals surface area contributed by atoms with E-state index in [9.17, 15) is 4.79 Å². The van der Waals surface area contributed by atoms with E-state index >= 15 is 0 Å². The van der Waals surface area contributed by atoms with Crippen LogP contribution in [0.5, 0.6) is 0 Å². The van der Waals surface area contributed by atoms with Crippen molar-refractivity contribution in [2.75, 3.05) is 25.5 Å². The van der Waals surface area contributed by atoms with Gasteiger partial charge in [-0.05, 0) is 17.7 Å². The van der Waals surface area contributed by atoms with Gasteiger partial charge >= 0.3 is 0 Å². The first kappa shape index (κ1) is 14.8. The summed E-state index contributed by atoms with van der Waals surface area (Å²) in [7, 11) is 3.58. The van der Waals surface area contributed by atoms with Crippen LogP contribution >= 0.6 is 11.6 Å². The average Bonchev–Trinajstić information content (AvgIpc) is 2.37. The number of nitrogens with zero attached hydrogens (tertiary/aromatic N) is 1. The molecule has 1 aromatic carbocycles. The minimum atomic E-state index is -0.0760. The highest BCUT2D eigenvalue weighted by Gasteiger charge is 2.14. The van der Waals surface area contributed by atoms with Crippen molar-refractivity contribution in [1.82, 2.24) is 5.32 Å². The molecule has 0 heterocycles. The molecule has 0 saturated carbocycles. The molecular formula is C13H20ClN3O. The predicted molar refractivity (Wildman–Crippen MR) is 75.8 cm³/mol. The van der Waals surface area contributed by atoms with E-state index in [1.54, 1.807) is 7.05 Å². The second-order valence-electron chi connectivity index (χ2n) is 4.38. The lowest BCUT2D eigenvalue weighted by atomic mass is 10.1. The lowest BCUT2D eigenvalue weighted by molar-refractivity contribution is -0.123. The van der Waals surface area contributed by atoms with Crippen molar-refractivity contribution in [3.8, 4) is 0 Å². The molecule has 0 aromatic heterocycles. The molecule has 1 aromatic rings. The number of carbonyl (C=O) groups is 1. The third-order valence-corrected chi connectivity index (χ3v) is 3.29. The van der Waals surface area contributed by atoms with Crippen molar-refractivity contribution in [3.63, 3.8) is 0 Å². The van der Waals surface area contributed by atoms with Crippen molar-refractivity contribution in [2.24, 2.45) is 11.7 Å². The number of carbonyl (C=O) groups excluding carboxylic acids is 1. The van der Waals surface area contributed by atoms with E-state index in [-0.39, 0.29) is 11.8 Å². The van der Waals surface area contributed by atoms with Gasteiger partial charge in [-0.3, -0.25) is 4.79 Å². The minimum absolute atomic E-state index is 0.0338. The van der Waals surface area contributed by atoms with Gasteiger partial charge in [-0.1, -0.05) is 24.6 Å². The van der Waals surface area contributed by atoms with Crippen LogP contribution in [0, 0.1) is 5.92 Å². The summed E-state index contributed by atoms with van der Waals surface area (Å²) in [6.45, 7) is 2.96. The molecule has 1 amide bonds. The molecule has 0 aliphatic carbocycles. The second-order valence-corrected chi connectivity index (χ2v) is 4.78. The topological polar surface area (TPSA) is 58.4 Å². The Morgan fingerprint density at radius 2 is 2.22 bits per heavy atom. The highest BCUT2D eigenvalue weighted by atomic mass is 35.5. The van der Waals surface area contributed by atoms with Gasteiger partial charge in [-0.15, -0.1) is 0 Å². The number of benzene rings is 1. The molecule has 0 aliphatic rings. The lowest BCUT2D eigenvalue weighted by Crippen LogP contribution is -2.34. The van der Waals surface area contributed by atoms with Crippen molar-refractivity contribution >= 4 is 23.2 Å². The van der Waals surface area contributed by atoms with Crippen LogP contribution in [0.15, 0.2) is 18.2 Å². The number of anilines is 1. The van der Waals surface area contributed by atoms with E-state index < -0.39 is 0 Å². The van der Waals surface area contributed by atoms with Gasteiger partial charge in [-0.25, -0.2) is 0 Å². The molecule has 0 aliphatic heterocycles. The molecule has 1 unspecified atom stereocenters. The minimum Gasteiger partial charge on any atom is -0.374 e. The standard InChI is InChI=1S/C13H20ClN3O/c1-9(13(18)16-2)8-17(3)11-5-4-10(7-15)12(14)6-11/h4-6,9H,7-8,15H2,1-3H3,(H,16,18). The van der Waals surface area contributed by atoms with Gasteiger partial charge in [0.15, 0.2) is 0 Å². The SMILES string of the molecule is CNC(=O)C(C)CN(C)c1ccc(CN)c(Cl)c1. The van der Waals surface area contributed by atoms with Crippen LogP contribution < -0.4 is 16.0 Å². The van der Waals surface area contributed by atoms with Gasteiger partial charge < -0.3 is 16.0 Å². The van der Waals surface area contributed by atoms with Gasteiger partial charge in [0.25, 0.3) is 0 Å². The summed E-state index contributed by atoms with van der Waals surface area (Å²) >= 11 is 6.11. The molecule has 1 atom stereocenters. The van der Waals surface area contributed by atoms with Crippen LogP contribution in [0.25, 0.3) is 0 Å². The monoisotopic (exact) mass is 269 g/mol. The molecule has 0 radical (unpaired) electrons. The summed E-state index contributed by atoms with van der Waals surface area (Å²) in [5.74, 6) is -0.0421. The normalized spacial score (nSPS) is 12.1. The van der Waals surface area contributed by atoms with E-state index in [0.717, 1.165) is 11.3 Å². The summed E-state index contributed by atoms with van der Waals surface area (Å²) in [6, 6.07) is 5.75. The summed E-state index contributed by atoms with van der Waals surface area (Å²) in [4.78, 5) is 13.5. The molecule has 5 heteroatoms. The molecule has 0 spiro atoms. The van der Waals surface area contributed by atoms with Crippen LogP contribution in [0.1, 0.15) is 12.5 Å². The Morgan fingerprint density at radius 1 is 1.56 bits per heavy atom. The van der Waals surface area contributed by atoms with E-state index in [2.05, 4.69) is 5.32 Å². The first-order valence-electron chi connectivity index (χ1n) is 5.90. The highest BCUT2D eigenvalue weighted by Crippen LogP contribution is 2.23. The average molecular weight is 270 g/mol. The van der Waals surface area contributed by atoms with E-state index in [1.165, 1.54) is 0 Å². The van der Waals surface area contributed by atoms with Crippen molar-refractivity contribution in [3.05, 3.63) is 28.8 Å². The maximum atomic E-state index is 11.5. The van der Waals surface area contributed by atoms with Crippen molar-refractivity contribution < 1.29 is 4.79 Å². The first-order valence-corrected chi connectivity index (χ1v) is 6.28. The zero-order chi connectivity index (χ0) is 13.7. The molecule has 18 heavy (non-hydrogen) atoms. The quantitative estimate of drug-likeness (QED) is 0.854. The summed E-state index contributed by atoms with van der Waals surface area (Å²) in [5, 5.41) is 3.30. The first-order chi connectivity index (χ1) is 8.49. The highest BCUT2D eigenvalue weighted by molar-refractivity contribution is 6.31. The molecule has 0 bridgehead atoms. The Kier molecular flexibility index (Phi) is 5.44. The Labute approximate surface area is 113 Å². The van der Waals surface area contributed by atoms with Crippen LogP contribution in [0.2, 0.25) is 5.02 Å². The Balaban J connectivity index is 2.75. The zero-order valence-corrected chi connectivity index (χ0v) is 11.8. The number of hydrogen-bond donors (Lipinski definition) is 2. The second kappa shape index (κ2) is 6.61. The van der Waals surface area contributed by atoms with E-state index in [4.69, 9.17) is 17.3 Å². The fourth-order valence-corrected chi connectivity index (χ4v) is 2.04. The Bertz CT molecular complexity index is 423. The number of nitrogens with one attached hydrogen (secondary N) is 1.